The van der Waals surface area contributed by atoms with Gasteiger partial charge in [0.1, 0.15) is 5.75 Å². The van der Waals surface area contributed by atoms with Gasteiger partial charge in [0.05, 0.1) is 0 Å². The van der Waals surface area contributed by atoms with Gasteiger partial charge in [-0.25, -0.2) is 0 Å². The van der Waals surface area contributed by atoms with Crippen molar-refractivity contribution in [3.8, 4) is 5.75 Å². The number of phenols is 1. The van der Waals surface area contributed by atoms with Crippen LogP contribution in [0.2, 0.25) is 0 Å². The number of carbonyl (C=O) groups excluding carboxylic acids is 1. The Balaban J connectivity index is 2.87. The van der Waals surface area contributed by atoms with Crippen LogP contribution in [0.25, 0.3) is 6.08 Å². The number of benzene rings is 1. The average molecular weight is 147 g/mol. The van der Waals surface area contributed by atoms with Crippen LogP contribution in [0.1, 0.15) is 5.56 Å². The lowest BCUT2D eigenvalue weighted by Gasteiger charge is -1.92. The summed E-state index contributed by atoms with van der Waals surface area (Å²) in [5.41, 5.74) is 0.786. The normalized spacial score (nSPS) is 10.2. The molecule has 1 N–H and O–H groups in total. The van der Waals surface area contributed by atoms with E-state index in [1.54, 1.807) is 36.6 Å². The number of aromatic hydroxyl groups is 1. The SMILES string of the molecule is O=[C]C=Cc1cccc(O)c1. The Kier molecular flexibility index (Phi) is 2.44. The molecule has 1 aromatic rings. The highest BCUT2D eigenvalue weighted by molar-refractivity contribution is 5.74. The third kappa shape index (κ3) is 2.26. The van der Waals surface area contributed by atoms with Crippen molar-refractivity contribution in [3.63, 3.8) is 0 Å². The Morgan fingerprint density at radius 1 is 1.45 bits per heavy atom. The molecule has 0 aliphatic carbocycles. The number of rotatable bonds is 2. The number of hydrogen-bond donors (Lipinski definition) is 1. The van der Waals surface area contributed by atoms with E-state index in [1.807, 2.05) is 0 Å². The van der Waals surface area contributed by atoms with E-state index >= 15 is 0 Å². The zero-order chi connectivity index (χ0) is 8.10. The molecule has 11 heavy (non-hydrogen) atoms. The quantitative estimate of drug-likeness (QED) is 0.644. The molecule has 0 heterocycles. The van der Waals surface area contributed by atoms with Crippen molar-refractivity contribution in [2.45, 2.75) is 0 Å². The zero-order valence-corrected chi connectivity index (χ0v) is 5.82. The molecule has 55 valence electrons. The molecule has 0 aliphatic rings. The van der Waals surface area contributed by atoms with E-state index in [-0.39, 0.29) is 5.75 Å². The second-order valence-electron chi connectivity index (χ2n) is 2.05. The second-order valence-corrected chi connectivity index (χ2v) is 2.05. The minimum atomic E-state index is 0.193. The Labute approximate surface area is 64.8 Å². The van der Waals surface area contributed by atoms with E-state index < -0.39 is 0 Å². The van der Waals surface area contributed by atoms with E-state index in [4.69, 9.17) is 5.11 Å². The molecule has 0 bridgehead atoms. The molecule has 0 fully saturated rings. The molecule has 0 atom stereocenters. The molecule has 0 aliphatic heterocycles. The minimum Gasteiger partial charge on any atom is -0.508 e. The van der Waals surface area contributed by atoms with Crippen molar-refractivity contribution in [1.29, 1.82) is 0 Å². The molecule has 0 saturated heterocycles. The van der Waals surface area contributed by atoms with Crippen molar-refractivity contribution in [2.24, 2.45) is 0 Å². The predicted octanol–water partition coefficient (Wildman–Crippen LogP) is 1.52. The maximum atomic E-state index is 9.79. The molecule has 0 saturated carbocycles. The predicted molar refractivity (Wildman–Crippen MR) is 42.8 cm³/mol. The van der Waals surface area contributed by atoms with Gasteiger partial charge in [0.2, 0.25) is 6.29 Å². The van der Waals surface area contributed by atoms with Crippen molar-refractivity contribution in [2.75, 3.05) is 0 Å². The van der Waals surface area contributed by atoms with Crippen molar-refractivity contribution in [3.05, 3.63) is 35.9 Å². The Bertz CT molecular complexity index is 277. The highest BCUT2D eigenvalue weighted by Gasteiger charge is 1.87. The van der Waals surface area contributed by atoms with Gasteiger partial charge in [0.15, 0.2) is 0 Å². The first kappa shape index (κ1) is 7.54. The maximum Gasteiger partial charge on any atom is 0.225 e. The van der Waals surface area contributed by atoms with Crippen LogP contribution in [0.4, 0.5) is 0 Å². The standard InChI is InChI=1S/C9H7O2/c10-6-2-4-8-3-1-5-9(11)7-8/h1-5,7,11H. The molecule has 0 amide bonds. The van der Waals surface area contributed by atoms with Crippen LogP contribution in [0.15, 0.2) is 30.3 Å². The summed E-state index contributed by atoms with van der Waals surface area (Å²) >= 11 is 0. The smallest absolute Gasteiger partial charge is 0.225 e. The largest absolute Gasteiger partial charge is 0.508 e. The van der Waals surface area contributed by atoms with Gasteiger partial charge in [0.25, 0.3) is 0 Å². The first-order valence-electron chi connectivity index (χ1n) is 3.16. The first-order valence-corrected chi connectivity index (χ1v) is 3.16. The molecule has 0 spiro atoms. The van der Waals surface area contributed by atoms with Crippen molar-refractivity contribution in [1.82, 2.24) is 0 Å². The number of phenolic OH excluding ortho intramolecular Hbond substituents is 1. The van der Waals surface area contributed by atoms with Crippen LogP contribution >= 0.6 is 0 Å². The molecule has 1 rings (SSSR count). The molecular weight excluding hydrogens is 140 g/mol. The molecule has 1 aromatic carbocycles. The average Bonchev–Trinajstić information content (AvgIpc) is 2.01. The van der Waals surface area contributed by atoms with Crippen molar-refractivity contribution >= 4 is 12.4 Å². The van der Waals surface area contributed by atoms with Crippen LogP contribution in [0.5, 0.6) is 5.75 Å². The topological polar surface area (TPSA) is 37.3 Å². The lowest BCUT2D eigenvalue weighted by Crippen LogP contribution is -1.70. The molecule has 0 aromatic heterocycles. The van der Waals surface area contributed by atoms with E-state index in [0.29, 0.717) is 0 Å². The van der Waals surface area contributed by atoms with Gasteiger partial charge in [-0.2, -0.15) is 0 Å². The van der Waals surface area contributed by atoms with E-state index in [1.165, 1.54) is 6.08 Å². The van der Waals surface area contributed by atoms with Gasteiger partial charge in [-0.3, -0.25) is 4.79 Å². The van der Waals surface area contributed by atoms with Gasteiger partial charge in [0, 0.05) is 0 Å². The minimum absolute atomic E-state index is 0.193. The summed E-state index contributed by atoms with van der Waals surface area (Å²) in [7, 11) is 0. The molecule has 0 unspecified atom stereocenters. The summed E-state index contributed by atoms with van der Waals surface area (Å²) in [6, 6.07) is 6.63. The maximum absolute atomic E-state index is 9.79. The Hall–Kier alpha value is -1.57. The molecular formula is C9H7O2. The molecule has 2 nitrogen and oxygen atoms in total. The van der Waals surface area contributed by atoms with Gasteiger partial charge in [-0.15, -0.1) is 0 Å². The molecule has 2 heteroatoms. The summed E-state index contributed by atoms with van der Waals surface area (Å²) in [4.78, 5) is 9.79. The summed E-state index contributed by atoms with van der Waals surface area (Å²) < 4.78 is 0. The highest BCUT2D eigenvalue weighted by atomic mass is 16.3. The van der Waals surface area contributed by atoms with E-state index in [2.05, 4.69) is 0 Å². The summed E-state index contributed by atoms with van der Waals surface area (Å²) in [5, 5.41) is 8.98. The third-order valence-electron chi connectivity index (χ3n) is 1.21. The van der Waals surface area contributed by atoms with Crippen LogP contribution in [-0.2, 0) is 4.79 Å². The second kappa shape index (κ2) is 3.56. The van der Waals surface area contributed by atoms with Gasteiger partial charge in [-0.05, 0) is 23.8 Å². The Morgan fingerprint density at radius 2 is 2.27 bits per heavy atom. The molecule has 1 radical (unpaired) electrons. The van der Waals surface area contributed by atoms with Crippen LogP contribution in [-0.4, -0.2) is 11.4 Å². The van der Waals surface area contributed by atoms with Crippen molar-refractivity contribution < 1.29 is 9.90 Å². The zero-order valence-electron chi connectivity index (χ0n) is 5.82. The summed E-state index contributed by atoms with van der Waals surface area (Å²) in [6.07, 6.45) is 4.46. The monoisotopic (exact) mass is 147 g/mol. The fourth-order valence-electron chi connectivity index (χ4n) is 0.759. The number of hydrogen-bond acceptors (Lipinski definition) is 2. The fourth-order valence-corrected chi connectivity index (χ4v) is 0.759. The van der Waals surface area contributed by atoms with Crippen LogP contribution in [0.3, 0.4) is 0 Å². The lowest BCUT2D eigenvalue weighted by atomic mass is 10.2. The van der Waals surface area contributed by atoms with Crippen LogP contribution < -0.4 is 0 Å². The van der Waals surface area contributed by atoms with Gasteiger partial charge < -0.3 is 5.11 Å². The van der Waals surface area contributed by atoms with Gasteiger partial charge >= 0.3 is 0 Å². The first-order chi connectivity index (χ1) is 5.33. The van der Waals surface area contributed by atoms with E-state index in [9.17, 15) is 4.79 Å². The number of allylic oxidation sites excluding steroid dienone is 1. The van der Waals surface area contributed by atoms with Crippen LogP contribution in [0, 0.1) is 0 Å². The highest BCUT2D eigenvalue weighted by Crippen LogP contribution is 2.11. The third-order valence-corrected chi connectivity index (χ3v) is 1.21. The Morgan fingerprint density at radius 3 is 2.91 bits per heavy atom. The van der Waals surface area contributed by atoms with Gasteiger partial charge in [-0.1, -0.05) is 18.2 Å². The fraction of sp³-hybridized carbons (Fsp3) is 0. The lowest BCUT2D eigenvalue weighted by molar-refractivity contribution is 0.475. The van der Waals surface area contributed by atoms with E-state index in [0.717, 1.165) is 5.56 Å². The summed E-state index contributed by atoms with van der Waals surface area (Å²) in [6.45, 7) is 0. The summed E-state index contributed by atoms with van der Waals surface area (Å²) in [5.74, 6) is 0.193.